The molecular formula is C14H29ClO3S. The Hall–Kier alpha value is 0.200. The quantitative estimate of drug-likeness (QED) is 0.397. The summed E-state index contributed by atoms with van der Waals surface area (Å²) in [5, 5.41) is 0. The molecule has 0 atom stereocenters. The highest BCUT2D eigenvalue weighted by Gasteiger charge is 2.31. The molecule has 0 bridgehead atoms. The molecule has 0 N–H and O–H groups in total. The Morgan fingerprint density at radius 2 is 1.58 bits per heavy atom. The number of unbranched alkanes of at least 4 members (excludes halogenated alkanes) is 4. The van der Waals surface area contributed by atoms with E-state index in [0.29, 0.717) is 13.2 Å². The maximum absolute atomic E-state index is 11.3. The highest BCUT2D eigenvalue weighted by Crippen LogP contribution is 2.30. The van der Waals surface area contributed by atoms with Gasteiger partial charge in [-0.3, -0.25) is 0 Å². The summed E-state index contributed by atoms with van der Waals surface area (Å²) in [6.45, 7) is 7.39. The summed E-state index contributed by atoms with van der Waals surface area (Å²) in [6, 6.07) is 0. The van der Waals surface area contributed by atoms with E-state index in [1.807, 2.05) is 13.8 Å². The van der Waals surface area contributed by atoms with Gasteiger partial charge in [0.2, 0.25) is 9.05 Å². The fourth-order valence-corrected chi connectivity index (χ4v) is 4.08. The van der Waals surface area contributed by atoms with E-state index in [4.69, 9.17) is 15.4 Å². The van der Waals surface area contributed by atoms with Crippen molar-refractivity contribution in [2.24, 2.45) is 5.41 Å². The van der Waals surface area contributed by atoms with Crippen molar-refractivity contribution in [3.8, 4) is 0 Å². The van der Waals surface area contributed by atoms with Crippen molar-refractivity contribution in [1.82, 2.24) is 0 Å². The van der Waals surface area contributed by atoms with Crippen LogP contribution in [-0.2, 0) is 13.8 Å². The summed E-state index contributed by atoms with van der Waals surface area (Å²) in [6.07, 6.45) is 7.55. The van der Waals surface area contributed by atoms with Crippen LogP contribution >= 0.6 is 10.7 Å². The Bertz CT molecular complexity index is 311. The molecule has 0 aromatic carbocycles. The van der Waals surface area contributed by atoms with Gasteiger partial charge in [-0.2, -0.15) is 0 Å². The van der Waals surface area contributed by atoms with Gasteiger partial charge in [0.05, 0.1) is 12.4 Å². The van der Waals surface area contributed by atoms with Gasteiger partial charge >= 0.3 is 0 Å². The second-order valence-electron chi connectivity index (χ2n) is 5.36. The maximum Gasteiger partial charge on any atom is 0.233 e. The predicted molar refractivity (Wildman–Crippen MR) is 82.2 cm³/mol. The lowest BCUT2D eigenvalue weighted by Gasteiger charge is -2.30. The third kappa shape index (κ3) is 9.69. The van der Waals surface area contributed by atoms with E-state index < -0.39 is 9.05 Å². The molecule has 0 saturated heterocycles. The first kappa shape index (κ1) is 19.2. The zero-order chi connectivity index (χ0) is 14.8. The zero-order valence-corrected chi connectivity index (χ0v) is 14.2. The highest BCUT2D eigenvalue weighted by molar-refractivity contribution is 8.13. The van der Waals surface area contributed by atoms with Crippen LogP contribution < -0.4 is 0 Å². The van der Waals surface area contributed by atoms with Crippen LogP contribution in [0.25, 0.3) is 0 Å². The smallest absolute Gasteiger partial charge is 0.233 e. The first-order chi connectivity index (χ1) is 8.89. The summed E-state index contributed by atoms with van der Waals surface area (Å²) >= 11 is 0. The van der Waals surface area contributed by atoms with Gasteiger partial charge in [-0.25, -0.2) is 8.42 Å². The molecule has 116 valence electrons. The minimum atomic E-state index is -3.47. The molecule has 3 nitrogen and oxygen atoms in total. The topological polar surface area (TPSA) is 43.4 Å². The molecule has 0 aromatic heterocycles. The molecule has 0 radical (unpaired) electrons. The molecule has 0 aliphatic carbocycles. The van der Waals surface area contributed by atoms with Crippen LogP contribution in [0.15, 0.2) is 0 Å². The monoisotopic (exact) mass is 312 g/mol. The van der Waals surface area contributed by atoms with Crippen molar-refractivity contribution in [2.45, 2.75) is 65.7 Å². The molecule has 0 amide bonds. The number of rotatable bonds is 12. The van der Waals surface area contributed by atoms with Gasteiger partial charge in [-0.1, -0.05) is 46.5 Å². The summed E-state index contributed by atoms with van der Waals surface area (Å²) in [7, 11) is 1.92. The first-order valence-corrected chi connectivity index (χ1v) is 9.87. The van der Waals surface area contributed by atoms with Gasteiger partial charge in [0.1, 0.15) is 0 Å². The third-order valence-corrected chi connectivity index (χ3v) is 5.06. The van der Waals surface area contributed by atoms with E-state index in [9.17, 15) is 8.42 Å². The molecule has 0 aliphatic heterocycles. The van der Waals surface area contributed by atoms with Gasteiger partial charge in [0.15, 0.2) is 0 Å². The van der Waals surface area contributed by atoms with Crippen molar-refractivity contribution in [3.63, 3.8) is 0 Å². The van der Waals surface area contributed by atoms with E-state index in [-0.39, 0.29) is 11.2 Å². The van der Waals surface area contributed by atoms with Crippen LogP contribution in [0.5, 0.6) is 0 Å². The van der Waals surface area contributed by atoms with E-state index in [1.54, 1.807) is 0 Å². The second-order valence-corrected chi connectivity index (χ2v) is 8.13. The second kappa shape index (κ2) is 10.0. The Labute approximate surface area is 123 Å². The van der Waals surface area contributed by atoms with E-state index in [0.717, 1.165) is 19.3 Å². The van der Waals surface area contributed by atoms with Gasteiger partial charge in [0.25, 0.3) is 0 Å². The van der Waals surface area contributed by atoms with Crippen molar-refractivity contribution < 1.29 is 13.2 Å². The summed E-state index contributed by atoms with van der Waals surface area (Å²) in [5.74, 6) is 0.00436. The molecule has 0 rings (SSSR count). The Morgan fingerprint density at radius 3 is 2.05 bits per heavy atom. The molecule has 0 spiro atoms. The van der Waals surface area contributed by atoms with E-state index >= 15 is 0 Å². The van der Waals surface area contributed by atoms with E-state index in [2.05, 4.69) is 6.92 Å². The van der Waals surface area contributed by atoms with Crippen LogP contribution in [0.4, 0.5) is 0 Å². The average molecular weight is 313 g/mol. The van der Waals surface area contributed by atoms with E-state index in [1.165, 1.54) is 25.7 Å². The van der Waals surface area contributed by atoms with Crippen molar-refractivity contribution >= 4 is 19.7 Å². The lowest BCUT2D eigenvalue weighted by atomic mass is 9.85. The lowest BCUT2D eigenvalue weighted by Crippen LogP contribution is -2.32. The van der Waals surface area contributed by atoms with Crippen LogP contribution in [0.2, 0.25) is 0 Å². The zero-order valence-electron chi connectivity index (χ0n) is 12.6. The fourth-order valence-electron chi connectivity index (χ4n) is 2.16. The third-order valence-electron chi connectivity index (χ3n) is 3.78. The molecule has 0 saturated carbocycles. The minimum Gasteiger partial charge on any atom is -0.381 e. The minimum absolute atomic E-state index is 0.00436. The fraction of sp³-hybridized carbons (Fsp3) is 1.00. The standard InChI is InChI=1S/C14H29ClO3S/c1-4-7-8-9-10-11-18-12-14(5-2,6-3)13-19(15,16)17/h4-13H2,1-3H3. The number of hydrogen-bond acceptors (Lipinski definition) is 3. The van der Waals surface area contributed by atoms with Crippen LogP contribution in [0.1, 0.15) is 65.7 Å². The predicted octanol–water partition coefficient (Wildman–Crippen LogP) is 4.35. The molecule has 0 fully saturated rings. The number of hydrogen-bond donors (Lipinski definition) is 0. The van der Waals surface area contributed by atoms with Crippen LogP contribution in [0.3, 0.4) is 0 Å². The molecule has 0 heterocycles. The van der Waals surface area contributed by atoms with Crippen molar-refractivity contribution in [3.05, 3.63) is 0 Å². The summed E-state index contributed by atoms with van der Waals surface area (Å²) in [4.78, 5) is 0. The average Bonchev–Trinajstić information content (AvgIpc) is 2.35. The molecule has 0 unspecified atom stereocenters. The Kier molecular flexibility index (Phi) is 10.1. The molecule has 0 aromatic rings. The number of ether oxygens (including phenoxy) is 1. The maximum atomic E-state index is 11.3. The lowest BCUT2D eigenvalue weighted by molar-refractivity contribution is 0.0481. The van der Waals surface area contributed by atoms with Gasteiger partial charge in [0, 0.05) is 22.7 Å². The van der Waals surface area contributed by atoms with Crippen LogP contribution in [-0.4, -0.2) is 27.4 Å². The van der Waals surface area contributed by atoms with Crippen LogP contribution in [0, 0.1) is 5.41 Å². The molecule has 0 aliphatic rings. The van der Waals surface area contributed by atoms with Crippen molar-refractivity contribution in [2.75, 3.05) is 19.0 Å². The number of halogens is 1. The van der Waals surface area contributed by atoms with Gasteiger partial charge < -0.3 is 4.74 Å². The SMILES string of the molecule is CCCCCCCOCC(CC)(CC)CS(=O)(=O)Cl. The van der Waals surface area contributed by atoms with Gasteiger partial charge in [-0.05, 0) is 19.3 Å². The molecular weight excluding hydrogens is 284 g/mol. The summed E-state index contributed by atoms with van der Waals surface area (Å²) < 4.78 is 28.2. The van der Waals surface area contributed by atoms with Crippen molar-refractivity contribution in [1.29, 1.82) is 0 Å². The normalized spacial score (nSPS) is 12.8. The van der Waals surface area contributed by atoms with Gasteiger partial charge in [-0.15, -0.1) is 0 Å². The highest BCUT2D eigenvalue weighted by atomic mass is 35.7. The molecule has 19 heavy (non-hydrogen) atoms. The summed E-state index contributed by atoms with van der Waals surface area (Å²) in [5.41, 5.74) is -0.329. The first-order valence-electron chi connectivity index (χ1n) is 7.39. The Balaban J connectivity index is 4.01. The largest absolute Gasteiger partial charge is 0.381 e. The molecule has 5 heteroatoms. The Morgan fingerprint density at radius 1 is 1.00 bits per heavy atom.